The standard InChI is InChI=1S/C19H23N5O/c1-3-12-24-19(21-22-23-24)20-13-16-8-10-18(11-9-16)25-14-17-7-5-4-6-15(17)2/h4-11H,3,12-14H2,1-2H3,(H,20,21,23). The van der Waals surface area contributed by atoms with Gasteiger partial charge in [-0.1, -0.05) is 48.4 Å². The highest BCUT2D eigenvalue weighted by Gasteiger charge is 2.04. The maximum Gasteiger partial charge on any atom is 0.243 e. The first kappa shape index (κ1) is 17.0. The number of aryl methyl sites for hydroxylation is 2. The average Bonchev–Trinajstić information content (AvgIpc) is 3.08. The van der Waals surface area contributed by atoms with Crippen molar-refractivity contribution in [3.8, 4) is 5.75 Å². The molecule has 3 aromatic rings. The van der Waals surface area contributed by atoms with Gasteiger partial charge in [0.05, 0.1) is 0 Å². The first-order chi connectivity index (χ1) is 12.3. The second-order valence-corrected chi connectivity index (χ2v) is 5.94. The van der Waals surface area contributed by atoms with Gasteiger partial charge < -0.3 is 10.1 Å². The maximum atomic E-state index is 5.87. The molecule has 0 amide bonds. The van der Waals surface area contributed by atoms with Crippen molar-refractivity contribution >= 4 is 5.95 Å². The van der Waals surface area contributed by atoms with Crippen LogP contribution in [0.1, 0.15) is 30.0 Å². The highest BCUT2D eigenvalue weighted by molar-refractivity contribution is 5.32. The summed E-state index contributed by atoms with van der Waals surface area (Å²) in [6.45, 7) is 6.25. The number of rotatable bonds is 8. The molecule has 6 nitrogen and oxygen atoms in total. The summed E-state index contributed by atoms with van der Waals surface area (Å²) in [5.41, 5.74) is 3.60. The molecule has 3 rings (SSSR count). The molecule has 1 N–H and O–H groups in total. The molecule has 0 aliphatic heterocycles. The largest absolute Gasteiger partial charge is 0.489 e. The van der Waals surface area contributed by atoms with Crippen molar-refractivity contribution < 1.29 is 4.74 Å². The van der Waals surface area contributed by atoms with E-state index < -0.39 is 0 Å². The Morgan fingerprint density at radius 1 is 1.08 bits per heavy atom. The summed E-state index contributed by atoms with van der Waals surface area (Å²) >= 11 is 0. The minimum Gasteiger partial charge on any atom is -0.489 e. The monoisotopic (exact) mass is 337 g/mol. The summed E-state index contributed by atoms with van der Waals surface area (Å²) in [4.78, 5) is 0. The van der Waals surface area contributed by atoms with E-state index in [-0.39, 0.29) is 0 Å². The molecular formula is C19H23N5O. The molecule has 0 aliphatic rings. The van der Waals surface area contributed by atoms with Crippen molar-refractivity contribution in [1.82, 2.24) is 20.2 Å². The molecular weight excluding hydrogens is 314 g/mol. The fourth-order valence-corrected chi connectivity index (χ4v) is 2.51. The van der Waals surface area contributed by atoms with E-state index in [9.17, 15) is 0 Å². The van der Waals surface area contributed by atoms with E-state index in [1.807, 2.05) is 36.4 Å². The van der Waals surface area contributed by atoms with E-state index in [1.165, 1.54) is 11.1 Å². The Kier molecular flexibility index (Phi) is 5.61. The third kappa shape index (κ3) is 4.56. The van der Waals surface area contributed by atoms with Crippen LogP contribution in [0, 0.1) is 6.92 Å². The molecule has 0 atom stereocenters. The zero-order valence-corrected chi connectivity index (χ0v) is 14.6. The topological polar surface area (TPSA) is 64.9 Å². The summed E-state index contributed by atoms with van der Waals surface area (Å²) < 4.78 is 7.65. The highest BCUT2D eigenvalue weighted by atomic mass is 16.5. The van der Waals surface area contributed by atoms with Gasteiger partial charge in [0.25, 0.3) is 0 Å². The van der Waals surface area contributed by atoms with E-state index in [0.29, 0.717) is 19.1 Å². The lowest BCUT2D eigenvalue weighted by molar-refractivity contribution is 0.305. The Morgan fingerprint density at radius 2 is 1.88 bits per heavy atom. The number of tetrazole rings is 1. The molecule has 6 heteroatoms. The number of ether oxygens (including phenoxy) is 1. The Hall–Kier alpha value is -2.89. The van der Waals surface area contributed by atoms with Gasteiger partial charge in [0, 0.05) is 13.1 Å². The van der Waals surface area contributed by atoms with Gasteiger partial charge in [0.15, 0.2) is 0 Å². The third-order valence-corrected chi connectivity index (χ3v) is 4.00. The van der Waals surface area contributed by atoms with Crippen LogP contribution in [0.15, 0.2) is 48.5 Å². The van der Waals surface area contributed by atoms with Gasteiger partial charge >= 0.3 is 0 Å². The van der Waals surface area contributed by atoms with Crippen LogP contribution in [-0.2, 0) is 19.7 Å². The summed E-state index contributed by atoms with van der Waals surface area (Å²) in [6, 6.07) is 16.3. The Labute approximate surface area is 147 Å². The van der Waals surface area contributed by atoms with Gasteiger partial charge in [0.1, 0.15) is 12.4 Å². The van der Waals surface area contributed by atoms with Gasteiger partial charge in [-0.2, -0.15) is 0 Å². The quantitative estimate of drug-likeness (QED) is 0.680. The summed E-state index contributed by atoms with van der Waals surface area (Å²) in [7, 11) is 0. The van der Waals surface area contributed by atoms with Crippen molar-refractivity contribution in [2.45, 2.75) is 40.0 Å². The molecule has 0 saturated carbocycles. The first-order valence-electron chi connectivity index (χ1n) is 8.52. The molecule has 0 spiro atoms. The lowest BCUT2D eigenvalue weighted by atomic mass is 10.1. The van der Waals surface area contributed by atoms with Crippen LogP contribution in [0.25, 0.3) is 0 Å². The predicted octanol–water partition coefficient (Wildman–Crippen LogP) is 3.58. The summed E-state index contributed by atoms with van der Waals surface area (Å²) in [6.07, 6.45) is 0.993. The van der Waals surface area contributed by atoms with Crippen LogP contribution < -0.4 is 10.1 Å². The zero-order valence-electron chi connectivity index (χ0n) is 14.6. The Morgan fingerprint density at radius 3 is 2.64 bits per heavy atom. The van der Waals surface area contributed by atoms with Crippen molar-refractivity contribution in [3.05, 3.63) is 65.2 Å². The molecule has 1 heterocycles. The number of hydrogen-bond acceptors (Lipinski definition) is 5. The van der Waals surface area contributed by atoms with Gasteiger partial charge in [0.2, 0.25) is 5.95 Å². The van der Waals surface area contributed by atoms with E-state index in [0.717, 1.165) is 24.3 Å². The number of nitrogens with one attached hydrogen (secondary N) is 1. The van der Waals surface area contributed by atoms with Crippen molar-refractivity contribution in [2.24, 2.45) is 0 Å². The molecule has 0 aliphatic carbocycles. The lowest BCUT2D eigenvalue weighted by Crippen LogP contribution is -2.08. The van der Waals surface area contributed by atoms with E-state index in [4.69, 9.17) is 4.74 Å². The molecule has 2 aromatic carbocycles. The highest BCUT2D eigenvalue weighted by Crippen LogP contribution is 2.16. The second-order valence-electron chi connectivity index (χ2n) is 5.94. The number of benzene rings is 2. The van der Waals surface area contributed by atoms with Gasteiger partial charge in [-0.15, -0.1) is 0 Å². The van der Waals surface area contributed by atoms with Crippen molar-refractivity contribution in [1.29, 1.82) is 0 Å². The Bertz CT molecular complexity index is 798. The SMILES string of the molecule is CCCn1nnnc1NCc1ccc(OCc2ccccc2C)cc1. The fourth-order valence-electron chi connectivity index (χ4n) is 2.51. The number of nitrogens with zero attached hydrogens (tertiary/aromatic N) is 4. The van der Waals surface area contributed by atoms with Crippen molar-refractivity contribution in [2.75, 3.05) is 5.32 Å². The average molecular weight is 337 g/mol. The fraction of sp³-hybridized carbons (Fsp3) is 0.316. The molecule has 25 heavy (non-hydrogen) atoms. The molecule has 0 radical (unpaired) electrons. The van der Waals surface area contributed by atoms with Gasteiger partial charge in [-0.25, -0.2) is 4.68 Å². The van der Waals surface area contributed by atoms with Crippen LogP contribution in [0.5, 0.6) is 5.75 Å². The van der Waals surface area contributed by atoms with Gasteiger partial charge in [-0.05, 0) is 52.6 Å². The normalized spacial score (nSPS) is 10.6. The molecule has 0 saturated heterocycles. The molecule has 0 unspecified atom stereocenters. The van der Waals surface area contributed by atoms with Gasteiger partial charge in [-0.3, -0.25) is 0 Å². The molecule has 130 valence electrons. The maximum absolute atomic E-state index is 5.87. The number of aromatic nitrogens is 4. The molecule has 1 aromatic heterocycles. The van der Waals surface area contributed by atoms with E-state index >= 15 is 0 Å². The number of anilines is 1. The first-order valence-corrected chi connectivity index (χ1v) is 8.52. The Balaban J connectivity index is 1.53. The van der Waals surface area contributed by atoms with Crippen LogP contribution >= 0.6 is 0 Å². The minimum absolute atomic E-state index is 0.579. The van der Waals surface area contributed by atoms with E-state index in [1.54, 1.807) is 4.68 Å². The minimum atomic E-state index is 0.579. The molecule has 0 bridgehead atoms. The second kappa shape index (κ2) is 8.28. The predicted molar refractivity (Wildman–Crippen MR) is 97.4 cm³/mol. The summed E-state index contributed by atoms with van der Waals surface area (Å²) in [5, 5.41) is 14.9. The summed E-state index contributed by atoms with van der Waals surface area (Å²) in [5.74, 6) is 1.56. The van der Waals surface area contributed by atoms with Crippen molar-refractivity contribution in [3.63, 3.8) is 0 Å². The smallest absolute Gasteiger partial charge is 0.243 e. The molecule has 0 fully saturated rings. The van der Waals surface area contributed by atoms with E-state index in [2.05, 4.69) is 46.8 Å². The lowest BCUT2D eigenvalue weighted by Gasteiger charge is -2.10. The van der Waals surface area contributed by atoms with Crippen LogP contribution in [0.4, 0.5) is 5.95 Å². The van der Waals surface area contributed by atoms with Crippen LogP contribution in [-0.4, -0.2) is 20.2 Å². The zero-order chi connectivity index (χ0) is 17.5. The number of hydrogen-bond donors (Lipinski definition) is 1. The van der Waals surface area contributed by atoms with Crippen LogP contribution in [0.2, 0.25) is 0 Å². The third-order valence-electron chi connectivity index (χ3n) is 4.00. The van der Waals surface area contributed by atoms with Crippen LogP contribution in [0.3, 0.4) is 0 Å².